The van der Waals surface area contributed by atoms with Crippen LogP contribution in [0.15, 0.2) is 18.2 Å². The lowest BCUT2D eigenvalue weighted by Gasteiger charge is -2.26. The number of ketones is 1. The van der Waals surface area contributed by atoms with Gasteiger partial charge in [0.25, 0.3) is 0 Å². The molecule has 0 radical (unpaired) electrons. The SMILES string of the molecule is CCOC(C)(CC)C(=O)c1ccc(C(F)(F)F)c(F)c1. The molecular formula is C14H16F4O2. The Morgan fingerprint density at radius 3 is 2.25 bits per heavy atom. The maximum absolute atomic E-state index is 13.5. The number of carbonyl (C=O) groups excluding carboxylic acids is 1. The van der Waals surface area contributed by atoms with E-state index in [4.69, 9.17) is 4.74 Å². The van der Waals surface area contributed by atoms with Crippen LogP contribution < -0.4 is 0 Å². The smallest absolute Gasteiger partial charge is 0.367 e. The van der Waals surface area contributed by atoms with Crippen molar-refractivity contribution in [3.8, 4) is 0 Å². The first kappa shape index (κ1) is 16.6. The molecule has 1 atom stereocenters. The van der Waals surface area contributed by atoms with Crippen LogP contribution in [0, 0.1) is 5.82 Å². The van der Waals surface area contributed by atoms with Crippen molar-refractivity contribution in [2.75, 3.05) is 6.61 Å². The lowest BCUT2D eigenvalue weighted by molar-refractivity contribution is -0.140. The average Bonchev–Trinajstić information content (AvgIpc) is 2.36. The zero-order valence-electron chi connectivity index (χ0n) is 11.5. The molecule has 1 aromatic rings. The first-order valence-electron chi connectivity index (χ1n) is 6.21. The number of ether oxygens (including phenoxy) is 1. The maximum Gasteiger partial charge on any atom is 0.419 e. The van der Waals surface area contributed by atoms with Gasteiger partial charge in [-0.1, -0.05) is 13.0 Å². The second kappa shape index (κ2) is 5.91. The molecular weight excluding hydrogens is 276 g/mol. The summed E-state index contributed by atoms with van der Waals surface area (Å²) in [4.78, 5) is 12.2. The molecule has 0 aliphatic heterocycles. The molecule has 0 heterocycles. The minimum Gasteiger partial charge on any atom is -0.367 e. The van der Waals surface area contributed by atoms with Crippen LogP contribution in [0.25, 0.3) is 0 Å². The fourth-order valence-corrected chi connectivity index (χ4v) is 1.84. The van der Waals surface area contributed by atoms with Crippen molar-refractivity contribution in [2.45, 2.75) is 39.0 Å². The van der Waals surface area contributed by atoms with Crippen molar-refractivity contribution in [3.63, 3.8) is 0 Å². The maximum atomic E-state index is 13.5. The van der Waals surface area contributed by atoms with Crippen LogP contribution in [0.3, 0.4) is 0 Å². The lowest BCUT2D eigenvalue weighted by atomic mass is 9.91. The summed E-state index contributed by atoms with van der Waals surface area (Å²) in [7, 11) is 0. The van der Waals surface area contributed by atoms with Gasteiger partial charge >= 0.3 is 6.18 Å². The lowest BCUT2D eigenvalue weighted by Crippen LogP contribution is -2.38. The third-order valence-electron chi connectivity index (χ3n) is 3.15. The van der Waals surface area contributed by atoms with Crippen LogP contribution in [0.1, 0.15) is 43.1 Å². The van der Waals surface area contributed by atoms with Crippen LogP contribution >= 0.6 is 0 Å². The molecule has 112 valence electrons. The number of rotatable bonds is 5. The van der Waals surface area contributed by atoms with Gasteiger partial charge in [0.15, 0.2) is 5.78 Å². The van der Waals surface area contributed by atoms with Gasteiger partial charge in [0.05, 0.1) is 5.56 Å². The van der Waals surface area contributed by atoms with Gasteiger partial charge in [0.2, 0.25) is 0 Å². The molecule has 0 spiro atoms. The van der Waals surface area contributed by atoms with E-state index in [0.29, 0.717) is 18.6 Å². The van der Waals surface area contributed by atoms with Gasteiger partial charge in [0.1, 0.15) is 11.4 Å². The van der Waals surface area contributed by atoms with Crippen LogP contribution in [-0.4, -0.2) is 18.0 Å². The fourth-order valence-electron chi connectivity index (χ4n) is 1.84. The number of benzene rings is 1. The Labute approximate surface area is 114 Å². The van der Waals surface area contributed by atoms with Crippen molar-refractivity contribution in [1.82, 2.24) is 0 Å². The van der Waals surface area contributed by atoms with Crippen LogP contribution in [-0.2, 0) is 10.9 Å². The standard InChI is InChI=1S/C14H16F4O2/c1-4-13(3,20-5-2)12(19)9-6-7-10(11(15)8-9)14(16,17)18/h6-8H,4-5H2,1-3H3. The first-order valence-corrected chi connectivity index (χ1v) is 6.21. The molecule has 0 aliphatic rings. The van der Waals surface area contributed by atoms with Gasteiger partial charge < -0.3 is 4.74 Å². The van der Waals surface area contributed by atoms with E-state index in [1.807, 2.05) is 0 Å². The Kier molecular flexibility index (Phi) is 4.91. The molecule has 1 unspecified atom stereocenters. The van der Waals surface area contributed by atoms with Crippen LogP contribution in [0.2, 0.25) is 0 Å². The minimum absolute atomic E-state index is 0.131. The number of alkyl halides is 3. The van der Waals surface area contributed by atoms with Gasteiger partial charge in [-0.15, -0.1) is 0 Å². The minimum atomic E-state index is -4.78. The highest BCUT2D eigenvalue weighted by Gasteiger charge is 2.36. The Bertz CT molecular complexity index is 496. The summed E-state index contributed by atoms with van der Waals surface area (Å²) in [6.07, 6.45) is -4.44. The van der Waals surface area contributed by atoms with E-state index in [1.54, 1.807) is 13.8 Å². The van der Waals surface area contributed by atoms with Gasteiger partial charge in [-0.2, -0.15) is 13.2 Å². The van der Waals surface area contributed by atoms with E-state index in [9.17, 15) is 22.4 Å². The summed E-state index contributed by atoms with van der Waals surface area (Å²) in [5.74, 6) is -1.99. The molecule has 0 aromatic heterocycles. The molecule has 0 saturated heterocycles. The van der Waals surface area contributed by atoms with Crippen molar-refractivity contribution in [3.05, 3.63) is 35.1 Å². The summed E-state index contributed by atoms with van der Waals surface area (Å²) < 4.78 is 56.2. The summed E-state index contributed by atoms with van der Waals surface area (Å²) in [6.45, 7) is 5.23. The highest BCUT2D eigenvalue weighted by atomic mass is 19.4. The number of hydrogen-bond acceptors (Lipinski definition) is 2. The van der Waals surface area contributed by atoms with Gasteiger partial charge in [-0.05, 0) is 32.4 Å². The molecule has 0 fully saturated rings. The van der Waals surface area contributed by atoms with E-state index in [2.05, 4.69) is 0 Å². The topological polar surface area (TPSA) is 26.3 Å². The highest BCUT2D eigenvalue weighted by molar-refractivity contribution is 6.02. The normalized spacial score (nSPS) is 14.9. The van der Waals surface area contributed by atoms with Gasteiger partial charge in [0, 0.05) is 12.2 Å². The fraction of sp³-hybridized carbons (Fsp3) is 0.500. The number of hydrogen-bond donors (Lipinski definition) is 0. The summed E-state index contributed by atoms with van der Waals surface area (Å²) in [6, 6.07) is 2.16. The van der Waals surface area contributed by atoms with E-state index < -0.39 is 28.9 Å². The van der Waals surface area contributed by atoms with E-state index in [0.717, 1.165) is 6.07 Å². The van der Waals surface area contributed by atoms with Crippen molar-refractivity contribution >= 4 is 5.78 Å². The number of halogens is 4. The molecule has 0 bridgehead atoms. The monoisotopic (exact) mass is 292 g/mol. The summed E-state index contributed by atoms with van der Waals surface area (Å²) >= 11 is 0. The van der Waals surface area contributed by atoms with Gasteiger partial charge in [-0.3, -0.25) is 4.79 Å². The molecule has 1 rings (SSSR count). The molecule has 0 N–H and O–H groups in total. The zero-order valence-corrected chi connectivity index (χ0v) is 11.5. The van der Waals surface area contributed by atoms with Crippen LogP contribution in [0.5, 0.6) is 0 Å². The summed E-state index contributed by atoms with van der Waals surface area (Å²) in [5, 5.41) is 0. The Morgan fingerprint density at radius 1 is 1.25 bits per heavy atom. The van der Waals surface area contributed by atoms with E-state index >= 15 is 0 Å². The molecule has 20 heavy (non-hydrogen) atoms. The molecule has 6 heteroatoms. The van der Waals surface area contributed by atoms with Crippen molar-refractivity contribution < 1.29 is 27.1 Å². The van der Waals surface area contributed by atoms with E-state index in [-0.39, 0.29) is 12.2 Å². The molecule has 0 amide bonds. The molecule has 0 aliphatic carbocycles. The third kappa shape index (κ3) is 3.36. The molecule has 0 saturated carbocycles. The van der Waals surface area contributed by atoms with Crippen molar-refractivity contribution in [2.24, 2.45) is 0 Å². The Hall–Kier alpha value is -1.43. The zero-order chi connectivity index (χ0) is 15.6. The molecule has 1 aromatic carbocycles. The second-order valence-electron chi connectivity index (χ2n) is 4.54. The quantitative estimate of drug-likeness (QED) is 0.599. The predicted molar refractivity (Wildman–Crippen MR) is 66.1 cm³/mol. The first-order chi connectivity index (χ1) is 9.15. The molecule has 2 nitrogen and oxygen atoms in total. The van der Waals surface area contributed by atoms with E-state index in [1.165, 1.54) is 6.92 Å². The second-order valence-corrected chi connectivity index (χ2v) is 4.54. The average molecular weight is 292 g/mol. The Morgan fingerprint density at radius 2 is 1.85 bits per heavy atom. The number of carbonyl (C=O) groups is 1. The Balaban J connectivity index is 3.16. The van der Waals surface area contributed by atoms with Crippen molar-refractivity contribution in [1.29, 1.82) is 0 Å². The largest absolute Gasteiger partial charge is 0.419 e. The van der Waals surface area contributed by atoms with Gasteiger partial charge in [-0.25, -0.2) is 4.39 Å². The summed E-state index contributed by atoms with van der Waals surface area (Å²) in [5.41, 5.74) is -2.68. The van der Waals surface area contributed by atoms with Crippen LogP contribution in [0.4, 0.5) is 17.6 Å². The predicted octanol–water partition coefficient (Wildman–Crippen LogP) is 4.23. The third-order valence-corrected chi connectivity index (χ3v) is 3.15. The highest BCUT2D eigenvalue weighted by Crippen LogP contribution is 2.32. The number of Topliss-reactive ketones (excluding diaryl/α,β-unsaturated/α-hetero) is 1.